The van der Waals surface area contributed by atoms with Gasteiger partial charge in [-0.15, -0.1) is 33.5 Å². The Hall–Kier alpha value is -4.21. The standard InChI is InChI=1S/C34H34N4O4.Co/c1-7-21-17(3)25-13-26-19(5)23(9-11-33(39)40)31(37-26)16-32-24(10-12-34(41)42)20(6)28(38-32)15-30-22(8-2)18(4)27(36-30)14-29(21)35-25;/h7-8,13,15-16,29H,1-2,9-12,14H2,3-6H3,(H,39,40)(H,41,42);/q-4;/b25-13-,28-15-,32-16-;. The van der Waals surface area contributed by atoms with Gasteiger partial charge in [0.15, 0.2) is 0 Å². The number of carbonyl (C=O) groups is 2. The van der Waals surface area contributed by atoms with Crippen molar-refractivity contribution in [1.29, 1.82) is 0 Å². The van der Waals surface area contributed by atoms with Crippen LogP contribution in [0.1, 0.15) is 75.9 Å². The van der Waals surface area contributed by atoms with E-state index in [1.54, 1.807) is 0 Å². The molecule has 8 nitrogen and oxygen atoms in total. The van der Waals surface area contributed by atoms with Crippen molar-refractivity contribution in [2.75, 3.05) is 0 Å². The zero-order valence-electron chi connectivity index (χ0n) is 24.7. The monoisotopic (exact) mass is 621 g/mol. The maximum atomic E-state index is 11.5. The van der Waals surface area contributed by atoms with E-state index in [-0.39, 0.29) is 35.7 Å². The maximum Gasteiger partial charge on any atom is 0.303 e. The molecule has 0 amide bonds. The van der Waals surface area contributed by atoms with Gasteiger partial charge < -0.3 is 30.5 Å². The Labute approximate surface area is 261 Å². The molecule has 5 rings (SSSR count). The van der Waals surface area contributed by atoms with Crippen LogP contribution in [0.25, 0.3) is 29.6 Å². The Bertz CT molecular complexity index is 1830. The van der Waals surface area contributed by atoms with Gasteiger partial charge in [0, 0.05) is 29.6 Å². The smallest absolute Gasteiger partial charge is 0.303 e. The topological polar surface area (TPSA) is 131 Å². The quantitative estimate of drug-likeness (QED) is 0.389. The molecule has 1 radical (unpaired) electrons. The molecule has 0 spiro atoms. The summed E-state index contributed by atoms with van der Waals surface area (Å²) in [5.41, 5.74) is 11.3. The minimum atomic E-state index is -0.892. The Morgan fingerprint density at radius 3 is 2.09 bits per heavy atom. The predicted molar refractivity (Wildman–Crippen MR) is 164 cm³/mol. The molecule has 0 saturated heterocycles. The summed E-state index contributed by atoms with van der Waals surface area (Å²) in [6, 6.07) is -0.151. The molecular formula is C34H34CoN4O4-4. The number of nitrogens with zero attached hydrogens (tertiary/aromatic N) is 4. The summed E-state index contributed by atoms with van der Waals surface area (Å²) in [6.07, 6.45) is 10.5. The number of hydrogen-bond acceptors (Lipinski definition) is 2. The van der Waals surface area contributed by atoms with Gasteiger partial charge >= 0.3 is 11.9 Å². The molecule has 1 unspecified atom stereocenters. The first-order valence-electron chi connectivity index (χ1n) is 14.0. The average molecular weight is 622 g/mol. The second-order valence-corrected chi connectivity index (χ2v) is 10.9. The number of carboxylic acid groups (broad SMARTS) is 2. The fourth-order valence-corrected chi connectivity index (χ4v) is 5.97. The number of aromatic nitrogens is 3. The molecule has 43 heavy (non-hydrogen) atoms. The Kier molecular flexibility index (Phi) is 9.27. The van der Waals surface area contributed by atoms with Gasteiger partial charge in [-0.05, 0) is 46.1 Å². The second-order valence-electron chi connectivity index (χ2n) is 10.9. The summed E-state index contributed by atoms with van der Waals surface area (Å²) in [5.74, 6) is -1.78. The summed E-state index contributed by atoms with van der Waals surface area (Å²) in [5, 5.41) is 25.3. The van der Waals surface area contributed by atoms with Gasteiger partial charge in [0.1, 0.15) is 0 Å². The van der Waals surface area contributed by atoms with E-state index in [9.17, 15) is 19.8 Å². The van der Waals surface area contributed by atoms with Gasteiger partial charge in [-0.1, -0.05) is 95.0 Å². The molecular weight excluding hydrogens is 587 g/mol. The number of hydrogen-bond donors (Lipinski definition) is 2. The number of fused-ring (bicyclic) bond motifs is 8. The van der Waals surface area contributed by atoms with E-state index in [4.69, 9.17) is 20.3 Å². The number of aliphatic carboxylic acids is 2. The van der Waals surface area contributed by atoms with Crippen LogP contribution in [0.5, 0.6) is 0 Å². The number of carboxylic acids is 2. The van der Waals surface area contributed by atoms with E-state index in [2.05, 4.69) is 13.2 Å². The molecule has 0 aromatic carbocycles. The molecule has 9 heteroatoms. The van der Waals surface area contributed by atoms with Crippen LogP contribution in [-0.4, -0.2) is 28.2 Å². The molecule has 2 aliphatic heterocycles. The van der Waals surface area contributed by atoms with Crippen molar-refractivity contribution in [1.82, 2.24) is 15.0 Å². The molecule has 0 fully saturated rings. The first-order valence-corrected chi connectivity index (χ1v) is 14.0. The van der Waals surface area contributed by atoms with Crippen LogP contribution in [0.2, 0.25) is 0 Å². The average Bonchev–Trinajstić information content (AvgIpc) is 3.59. The number of allylic oxidation sites excluding steroid dienone is 1. The minimum absolute atomic E-state index is 0. The fraction of sp³-hybridized carbons (Fsp3) is 0.294. The van der Waals surface area contributed by atoms with Crippen molar-refractivity contribution in [2.24, 2.45) is 0 Å². The van der Waals surface area contributed by atoms with Gasteiger partial charge in [0.2, 0.25) is 0 Å². The van der Waals surface area contributed by atoms with Gasteiger partial charge in [-0.3, -0.25) is 9.59 Å². The zero-order valence-corrected chi connectivity index (χ0v) is 25.8. The molecule has 0 saturated carbocycles. The van der Waals surface area contributed by atoms with Crippen LogP contribution < -0.4 is 25.7 Å². The van der Waals surface area contributed by atoms with E-state index in [0.717, 1.165) is 67.3 Å². The van der Waals surface area contributed by atoms with Crippen LogP contribution in [0.4, 0.5) is 0 Å². The third-order valence-corrected chi connectivity index (χ3v) is 8.42. The minimum Gasteiger partial charge on any atom is -0.678 e. The summed E-state index contributed by atoms with van der Waals surface area (Å²) in [7, 11) is 0. The normalized spacial score (nSPS) is 18.3. The van der Waals surface area contributed by atoms with Gasteiger partial charge in [-0.2, -0.15) is 5.69 Å². The molecule has 2 N–H and O–H groups in total. The summed E-state index contributed by atoms with van der Waals surface area (Å²) in [4.78, 5) is 37.9. The fourth-order valence-electron chi connectivity index (χ4n) is 5.97. The van der Waals surface area contributed by atoms with Gasteiger partial charge in [0.25, 0.3) is 0 Å². The summed E-state index contributed by atoms with van der Waals surface area (Å²) >= 11 is 0. The Balaban J connectivity index is 0.00000423. The molecule has 5 heterocycles. The van der Waals surface area contributed by atoms with Crippen molar-refractivity contribution in [2.45, 2.75) is 65.8 Å². The second kappa shape index (κ2) is 12.6. The van der Waals surface area contributed by atoms with E-state index in [0.29, 0.717) is 35.7 Å². The van der Waals surface area contributed by atoms with Crippen LogP contribution in [0, 0.1) is 20.8 Å². The zero-order chi connectivity index (χ0) is 30.3. The maximum absolute atomic E-state index is 11.5. The summed E-state index contributed by atoms with van der Waals surface area (Å²) < 4.78 is 0. The summed E-state index contributed by atoms with van der Waals surface area (Å²) in [6.45, 7) is 16.1. The molecule has 3 aromatic heterocycles. The van der Waals surface area contributed by atoms with Crippen LogP contribution >= 0.6 is 0 Å². The van der Waals surface area contributed by atoms with Crippen molar-refractivity contribution in [3.8, 4) is 0 Å². The van der Waals surface area contributed by atoms with Crippen molar-refractivity contribution >= 4 is 36.2 Å². The van der Waals surface area contributed by atoms with Crippen LogP contribution in [-0.2, 0) is 45.6 Å². The van der Waals surface area contributed by atoms with Gasteiger partial charge in [-0.25, -0.2) is 0 Å². The van der Waals surface area contributed by atoms with Crippen molar-refractivity contribution in [3.63, 3.8) is 0 Å². The predicted octanol–water partition coefficient (Wildman–Crippen LogP) is 3.97. The van der Waals surface area contributed by atoms with Crippen LogP contribution in [0.3, 0.4) is 0 Å². The van der Waals surface area contributed by atoms with E-state index < -0.39 is 11.9 Å². The Morgan fingerprint density at radius 2 is 1.47 bits per heavy atom. The third-order valence-electron chi connectivity index (χ3n) is 8.42. The van der Waals surface area contributed by atoms with Crippen LogP contribution in [0.15, 0.2) is 36.1 Å². The largest absolute Gasteiger partial charge is 0.678 e. The first-order chi connectivity index (χ1) is 20.0. The molecule has 3 aromatic rings. The molecule has 2 aliphatic rings. The SMILES string of the molecule is C=CC1=C(C)/C2=C/c3[n-]c(c(CCC(=O)O)c3C)/C=c3\[n-]/c(c(C)c3CCC(=O)O)=C\c3[n-]c(c(C)c3C=C)CC1[N-]2.[Co]. The molecule has 0 aliphatic carbocycles. The first kappa shape index (κ1) is 31.7. The molecule has 1 atom stereocenters. The van der Waals surface area contributed by atoms with Gasteiger partial charge in [0.05, 0.1) is 0 Å². The van der Waals surface area contributed by atoms with E-state index >= 15 is 0 Å². The number of rotatable bonds is 8. The Morgan fingerprint density at radius 1 is 0.814 bits per heavy atom. The third kappa shape index (κ3) is 6.00. The molecule has 227 valence electrons. The molecule has 8 bridgehead atoms. The van der Waals surface area contributed by atoms with Crippen molar-refractivity contribution in [3.05, 3.63) is 108 Å². The van der Waals surface area contributed by atoms with Crippen molar-refractivity contribution < 1.29 is 36.6 Å². The van der Waals surface area contributed by atoms with E-state index in [1.807, 2.05) is 58.1 Å². The van der Waals surface area contributed by atoms with E-state index in [1.165, 1.54) is 0 Å².